The predicted molar refractivity (Wildman–Crippen MR) is 70.8 cm³/mol. The van der Waals surface area contributed by atoms with Crippen molar-refractivity contribution in [3.05, 3.63) is 38.4 Å². The first kappa shape index (κ1) is 12.6. The highest BCUT2D eigenvalue weighted by Gasteiger charge is 2.15. The average Bonchev–Trinajstić information content (AvgIpc) is 2.32. The summed E-state index contributed by atoms with van der Waals surface area (Å²) in [4.78, 5) is 15.6. The highest BCUT2D eigenvalue weighted by atomic mass is 79.9. The Morgan fingerprint density at radius 3 is 2.71 bits per heavy atom. The second kappa shape index (κ2) is 4.80. The summed E-state index contributed by atoms with van der Waals surface area (Å²) in [6.07, 6.45) is 0. The summed E-state index contributed by atoms with van der Waals surface area (Å²) in [5, 5.41) is 1.45. The first-order chi connectivity index (χ1) is 8.04. The number of rotatable bonds is 1. The van der Waals surface area contributed by atoms with Crippen LogP contribution in [0.15, 0.2) is 22.7 Å². The van der Waals surface area contributed by atoms with Crippen LogP contribution in [0.3, 0.4) is 0 Å². The van der Waals surface area contributed by atoms with E-state index in [0.29, 0.717) is 25.4 Å². The molecule has 0 radical (unpaired) electrons. The maximum absolute atomic E-state index is 11.4. The number of hydrogen-bond donors (Lipinski definition) is 0. The molecule has 0 bridgehead atoms. The maximum atomic E-state index is 11.4. The SMILES string of the molecule is COC(=O)c1cc(Cl)c2c(Cl)ccc(Br)c2n1. The van der Waals surface area contributed by atoms with Crippen LogP contribution in [-0.4, -0.2) is 18.1 Å². The van der Waals surface area contributed by atoms with Gasteiger partial charge in [-0.25, -0.2) is 9.78 Å². The van der Waals surface area contributed by atoms with Crippen molar-refractivity contribution in [3.63, 3.8) is 0 Å². The Bertz CT molecular complexity index is 616. The number of benzene rings is 1. The van der Waals surface area contributed by atoms with Gasteiger partial charge in [0.25, 0.3) is 0 Å². The van der Waals surface area contributed by atoms with E-state index in [9.17, 15) is 4.79 Å². The lowest BCUT2D eigenvalue weighted by Gasteiger charge is -2.07. The van der Waals surface area contributed by atoms with E-state index in [4.69, 9.17) is 23.2 Å². The van der Waals surface area contributed by atoms with Gasteiger partial charge >= 0.3 is 5.97 Å². The van der Waals surface area contributed by atoms with Crippen LogP contribution in [0.1, 0.15) is 10.5 Å². The highest BCUT2D eigenvalue weighted by molar-refractivity contribution is 9.10. The zero-order chi connectivity index (χ0) is 12.6. The fourth-order valence-corrected chi connectivity index (χ4v) is 2.45. The molecule has 0 fully saturated rings. The topological polar surface area (TPSA) is 39.2 Å². The molecule has 17 heavy (non-hydrogen) atoms. The quantitative estimate of drug-likeness (QED) is 0.737. The van der Waals surface area contributed by atoms with Crippen molar-refractivity contribution in [3.8, 4) is 0 Å². The molecule has 0 aliphatic carbocycles. The van der Waals surface area contributed by atoms with Gasteiger partial charge in [-0.3, -0.25) is 0 Å². The normalized spacial score (nSPS) is 10.6. The third-order valence-electron chi connectivity index (χ3n) is 2.21. The van der Waals surface area contributed by atoms with Crippen LogP contribution >= 0.6 is 39.1 Å². The van der Waals surface area contributed by atoms with Crippen LogP contribution < -0.4 is 0 Å². The molecule has 0 unspecified atom stereocenters. The summed E-state index contributed by atoms with van der Waals surface area (Å²) in [6, 6.07) is 4.89. The van der Waals surface area contributed by atoms with Gasteiger partial charge in [-0.05, 0) is 34.1 Å². The Labute approximate surface area is 116 Å². The smallest absolute Gasteiger partial charge is 0.356 e. The van der Waals surface area contributed by atoms with E-state index in [2.05, 4.69) is 25.7 Å². The standard InChI is InChI=1S/C11H6BrCl2NO2/c1-17-11(16)8-4-7(14)9-6(13)3-2-5(12)10(9)15-8/h2-4H,1H3. The number of fused-ring (bicyclic) bond motifs is 1. The molecule has 0 spiro atoms. The number of pyridine rings is 1. The van der Waals surface area contributed by atoms with Gasteiger partial charge in [0, 0.05) is 9.86 Å². The van der Waals surface area contributed by atoms with Crippen molar-refractivity contribution in [2.45, 2.75) is 0 Å². The lowest BCUT2D eigenvalue weighted by molar-refractivity contribution is 0.0594. The largest absolute Gasteiger partial charge is 0.464 e. The van der Waals surface area contributed by atoms with Gasteiger partial charge in [0.05, 0.1) is 22.7 Å². The Morgan fingerprint density at radius 1 is 1.35 bits per heavy atom. The van der Waals surface area contributed by atoms with Crippen LogP contribution in [0.2, 0.25) is 10.0 Å². The number of esters is 1. The highest BCUT2D eigenvalue weighted by Crippen LogP contribution is 2.34. The summed E-state index contributed by atoms with van der Waals surface area (Å²) in [5.74, 6) is -0.541. The second-order valence-corrected chi connectivity index (χ2v) is 4.90. The average molecular weight is 335 g/mol. The van der Waals surface area contributed by atoms with Gasteiger partial charge in [-0.1, -0.05) is 23.2 Å². The third kappa shape index (κ3) is 2.25. The van der Waals surface area contributed by atoms with E-state index >= 15 is 0 Å². The minimum Gasteiger partial charge on any atom is -0.464 e. The number of methoxy groups -OCH3 is 1. The predicted octanol–water partition coefficient (Wildman–Crippen LogP) is 4.09. The van der Waals surface area contributed by atoms with Crippen molar-refractivity contribution in [1.29, 1.82) is 0 Å². The Hall–Kier alpha value is -0.840. The molecule has 0 aliphatic rings. The molecule has 3 nitrogen and oxygen atoms in total. The Morgan fingerprint density at radius 2 is 2.06 bits per heavy atom. The summed E-state index contributed by atoms with van der Waals surface area (Å²) in [7, 11) is 1.29. The molecule has 2 aromatic rings. The minimum absolute atomic E-state index is 0.146. The lowest BCUT2D eigenvalue weighted by Crippen LogP contribution is -2.04. The Balaban J connectivity index is 2.82. The van der Waals surface area contributed by atoms with Crippen molar-refractivity contribution >= 4 is 56.0 Å². The molecule has 1 aromatic heterocycles. The number of halogens is 3. The van der Waals surface area contributed by atoms with E-state index in [1.807, 2.05) is 0 Å². The van der Waals surface area contributed by atoms with E-state index in [1.165, 1.54) is 13.2 Å². The van der Waals surface area contributed by atoms with Gasteiger partial charge in [-0.15, -0.1) is 0 Å². The molecule has 0 atom stereocenters. The molecule has 0 saturated heterocycles. The van der Waals surface area contributed by atoms with E-state index in [0.717, 1.165) is 0 Å². The number of ether oxygens (including phenoxy) is 1. The lowest BCUT2D eigenvalue weighted by atomic mass is 10.2. The van der Waals surface area contributed by atoms with Crippen LogP contribution in [0.5, 0.6) is 0 Å². The van der Waals surface area contributed by atoms with Gasteiger partial charge < -0.3 is 4.74 Å². The van der Waals surface area contributed by atoms with Crippen molar-refractivity contribution in [2.24, 2.45) is 0 Å². The molecular weight excluding hydrogens is 329 g/mol. The number of carbonyl (C=O) groups excluding carboxylic acids is 1. The van der Waals surface area contributed by atoms with Gasteiger partial charge in [0.15, 0.2) is 5.69 Å². The van der Waals surface area contributed by atoms with Crippen LogP contribution in [0.4, 0.5) is 0 Å². The molecular formula is C11H6BrCl2NO2. The molecule has 88 valence electrons. The molecule has 0 N–H and O–H groups in total. The van der Waals surface area contributed by atoms with Crippen molar-refractivity contribution < 1.29 is 9.53 Å². The summed E-state index contributed by atoms with van der Waals surface area (Å²) >= 11 is 15.5. The fourth-order valence-electron chi connectivity index (χ4n) is 1.43. The van der Waals surface area contributed by atoms with Crippen LogP contribution in [0, 0.1) is 0 Å². The maximum Gasteiger partial charge on any atom is 0.356 e. The number of carbonyl (C=O) groups is 1. The zero-order valence-corrected chi connectivity index (χ0v) is 11.7. The van der Waals surface area contributed by atoms with Crippen molar-refractivity contribution in [1.82, 2.24) is 4.98 Å². The Kier molecular flexibility index (Phi) is 3.56. The molecule has 1 heterocycles. The monoisotopic (exact) mass is 333 g/mol. The third-order valence-corrected chi connectivity index (χ3v) is 3.46. The molecule has 0 amide bonds. The molecule has 0 saturated carbocycles. The van der Waals surface area contributed by atoms with Gasteiger partial charge in [0.1, 0.15) is 0 Å². The summed E-state index contributed by atoms with van der Waals surface area (Å²) < 4.78 is 5.31. The number of hydrogen-bond acceptors (Lipinski definition) is 3. The number of nitrogens with zero attached hydrogens (tertiary/aromatic N) is 1. The van der Waals surface area contributed by atoms with Gasteiger partial charge in [0.2, 0.25) is 0 Å². The fraction of sp³-hybridized carbons (Fsp3) is 0.0909. The molecule has 1 aromatic carbocycles. The van der Waals surface area contributed by atoms with Gasteiger partial charge in [-0.2, -0.15) is 0 Å². The minimum atomic E-state index is -0.541. The first-order valence-corrected chi connectivity index (χ1v) is 6.12. The van der Waals surface area contributed by atoms with E-state index < -0.39 is 5.97 Å². The van der Waals surface area contributed by atoms with E-state index in [-0.39, 0.29) is 5.69 Å². The molecule has 6 heteroatoms. The van der Waals surface area contributed by atoms with E-state index in [1.54, 1.807) is 12.1 Å². The van der Waals surface area contributed by atoms with Crippen LogP contribution in [-0.2, 0) is 4.74 Å². The zero-order valence-electron chi connectivity index (χ0n) is 8.63. The number of aromatic nitrogens is 1. The summed E-state index contributed by atoms with van der Waals surface area (Å²) in [5.41, 5.74) is 0.679. The van der Waals surface area contributed by atoms with Crippen LogP contribution in [0.25, 0.3) is 10.9 Å². The first-order valence-electron chi connectivity index (χ1n) is 4.57. The summed E-state index contributed by atoms with van der Waals surface area (Å²) in [6.45, 7) is 0. The molecule has 2 rings (SSSR count). The second-order valence-electron chi connectivity index (χ2n) is 3.23. The molecule has 0 aliphatic heterocycles. The van der Waals surface area contributed by atoms with Crippen molar-refractivity contribution in [2.75, 3.05) is 7.11 Å².